The molecule has 1 rings (SSSR count). The van der Waals surface area contributed by atoms with Gasteiger partial charge in [0.25, 0.3) is 0 Å². The third-order valence-corrected chi connectivity index (χ3v) is 2.27. The molecule has 0 fully saturated rings. The van der Waals surface area contributed by atoms with Gasteiger partial charge in [0.1, 0.15) is 0 Å². The molecule has 0 aliphatic heterocycles. The molecule has 0 spiro atoms. The van der Waals surface area contributed by atoms with Crippen molar-refractivity contribution in [3.63, 3.8) is 0 Å². The number of aromatic nitrogens is 1. The summed E-state index contributed by atoms with van der Waals surface area (Å²) in [5.74, 6) is -1.25. The number of rotatable bonds is 7. The average molecular weight is 263 g/mol. The standard InChI is InChI=1S/C12H13N3O4/c1-3-7-14(8-4-2)11-10(15(18)19)6-5-9(13-11)12(16)17/h3-6H,1-2,7-8H2,(H,16,17). The Morgan fingerprint density at radius 2 is 2.00 bits per heavy atom. The first kappa shape index (κ1) is 14.4. The largest absolute Gasteiger partial charge is 0.477 e. The van der Waals surface area contributed by atoms with Gasteiger partial charge in [-0.2, -0.15) is 0 Å². The van der Waals surface area contributed by atoms with Gasteiger partial charge in [-0.05, 0) is 6.07 Å². The van der Waals surface area contributed by atoms with E-state index in [1.54, 1.807) is 12.2 Å². The van der Waals surface area contributed by atoms with E-state index in [2.05, 4.69) is 18.1 Å². The highest BCUT2D eigenvalue weighted by Gasteiger charge is 2.22. The van der Waals surface area contributed by atoms with Crippen molar-refractivity contribution in [3.05, 3.63) is 53.3 Å². The van der Waals surface area contributed by atoms with E-state index in [4.69, 9.17) is 5.11 Å². The molecule has 1 aromatic heterocycles. The van der Waals surface area contributed by atoms with Crippen molar-refractivity contribution in [2.45, 2.75) is 0 Å². The predicted molar refractivity (Wildman–Crippen MR) is 70.5 cm³/mol. The molecular formula is C12H13N3O4. The number of hydrogen-bond acceptors (Lipinski definition) is 5. The molecule has 19 heavy (non-hydrogen) atoms. The molecule has 0 saturated heterocycles. The zero-order chi connectivity index (χ0) is 14.4. The first-order valence-electron chi connectivity index (χ1n) is 5.36. The van der Waals surface area contributed by atoms with Crippen LogP contribution >= 0.6 is 0 Å². The van der Waals surface area contributed by atoms with Gasteiger partial charge in [-0.3, -0.25) is 10.1 Å². The van der Waals surface area contributed by atoms with E-state index in [9.17, 15) is 14.9 Å². The van der Waals surface area contributed by atoms with E-state index in [0.29, 0.717) is 13.1 Å². The molecule has 0 amide bonds. The number of nitro groups is 1. The fraction of sp³-hybridized carbons (Fsp3) is 0.167. The minimum atomic E-state index is -1.24. The third kappa shape index (κ3) is 3.38. The lowest BCUT2D eigenvalue weighted by Gasteiger charge is -2.20. The van der Waals surface area contributed by atoms with Crippen LogP contribution < -0.4 is 4.90 Å². The van der Waals surface area contributed by atoms with Crippen LogP contribution in [0.5, 0.6) is 0 Å². The van der Waals surface area contributed by atoms with Gasteiger partial charge in [0.2, 0.25) is 5.82 Å². The maximum absolute atomic E-state index is 11.0. The summed E-state index contributed by atoms with van der Waals surface area (Å²) in [7, 11) is 0. The minimum absolute atomic E-state index is 0.00954. The van der Waals surface area contributed by atoms with E-state index in [0.717, 1.165) is 12.1 Å². The Balaban J connectivity index is 3.36. The summed E-state index contributed by atoms with van der Waals surface area (Å²) < 4.78 is 0. The van der Waals surface area contributed by atoms with Gasteiger partial charge in [-0.25, -0.2) is 9.78 Å². The SMILES string of the molecule is C=CCN(CC=C)c1nc(C(=O)O)ccc1[N+](=O)[O-]. The molecule has 0 aliphatic rings. The summed E-state index contributed by atoms with van der Waals surface area (Å²) >= 11 is 0. The third-order valence-electron chi connectivity index (χ3n) is 2.27. The summed E-state index contributed by atoms with van der Waals surface area (Å²) in [5, 5.41) is 19.8. The van der Waals surface area contributed by atoms with E-state index < -0.39 is 10.9 Å². The molecule has 0 radical (unpaired) electrons. The molecule has 7 heteroatoms. The first-order chi connectivity index (χ1) is 9.01. The minimum Gasteiger partial charge on any atom is -0.477 e. The zero-order valence-electron chi connectivity index (χ0n) is 10.2. The number of carboxylic acid groups (broad SMARTS) is 1. The van der Waals surface area contributed by atoms with Gasteiger partial charge in [-0.15, -0.1) is 13.2 Å². The number of nitrogens with zero attached hydrogens (tertiary/aromatic N) is 3. The van der Waals surface area contributed by atoms with E-state index >= 15 is 0 Å². The highest BCUT2D eigenvalue weighted by atomic mass is 16.6. The van der Waals surface area contributed by atoms with Crippen LogP contribution in [0.4, 0.5) is 11.5 Å². The van der Waals surface area contributed by atoms with Crippen molar-refractivity contribution in [3.8, 4) is 0 Å². The Labute approximate surface area is 109 Å². The maximum atomic E-state index is 11.0. The molecular weight excluding hydrogens is 250 g/mol. The Morgan fingerprint density at radius 1 is 1.42 bits per heavy atom. The monoisotopic (exact) mass is 263 g/mol. The van der Waals surface area contributed by atoms with E-state index in [1.165, 1.54) is 4.90 Å². The van der Waals surface area contributed by atoms with E-state index in [1.807, 2.05) is 0 Å². The summed E-state index contributed by atoms with van der Waals surface area (Å²) in [6.07, 6.45) is 3.09. The number of carbonyl (C=O) groups is 1. The predicted octanol–water partition coefficient (Wildman–Crippen LogP) is 1.87. The number of anilines is 1. The fourth-order valence-electron chi connectivity index (χ4n) is 1.49. The summed E-state index contributed by atoms with van der Waals surface area (Å²) in [6, 6.07) is 2.23. The van der Waals surface area contributed by atoms with Gasteiger partial charge in [0.05, 0.1) is 4.92 Å². The molecule has 0 aliphatic carbocycles. The van der Waals surface area contributed by atoms with Gasteiger partial charge in [0.15, 0.2) is 5.69 Å². The lowest BCUT2D eigenvalue weighted by atomic mass is 10.3. The lowest BCUT2D eigenvalue weighted by Crippen LogP contribution is -2.25. The highest BCUT2D eigenvalue weighted by Crippen LogP contribution is 2.26. The van der Waals surface area contributed by atoms with Crippen molar-refractivity contribution in [2.24, 2.45) is 0 Å². The first-order valence-corrected chi connectivity index (χ1v) is 5.36. The second-order valence-electron chi connectivity index (χ2n) is 3.58. The molecule has 0 bridgehead atoms. The molecule has 1 heterocycles. The molecule has 0 saturated carbocycles. The molecule has 0 unspecified atom stereocenters. The smallest absolute Gasteiger partial charge is 0.354 e. The molecule has 100 valence electrons. The van der Waals surface area contributed by atoms with Crippen molar-refractivity contribution in [1.82, 2.24) is 4.98 Å². The van der Waals surface area contributed by atoms with Crippen LogP contribution in [-0.4, -0.2) is 34.1 Å². The van der Waals surface area contributed by atoms with Gasteiger partial charge in [0, 0.05) is 19.2 Å². The highest BCUT2D eigenvalue weighted by molar-refractivity contribution is 5.86. The van der Waals surface area contributed by atoms with Crippen molar-refractivity contribution in [1.29, 1.82) is 0 Å². The van der Waals surface area contributed by atoms with Crippen LogP contribution in [0, 0.1) is 10.1 Å². The fourth-order valence-corrected chi connectivity index (χ4v) is 1.49. The van der Waals surface area contributed by atoms with Crippen LogP contribution in [0.3, 0.4) is 0 Å². The van der Waals surface area contributed by atoms with Crippen molar-refractivity contribution < 1.29 is 14.8 Å². The lowest BCUT2D eigenvalue weighted by molar-refractivity contribution is -0.384. The van der Waals surface area contributed by atoms with Gasteiger partial charge < -0.3 is 10.0 Å². The van der Waals surface area contributed by atoms with Crippen LogP contribution in [0.25, 0.3) is 0 Å². The second-order valence-corrected chi connectivity index (χ2v) is 3.58. The number of carboxylic acids is 1. The number of hydrogen-bond donors (Lipinski definition) is 1. The second kappa shape index (κ2) is 6.29. The summed E-state index contributed by atoms with van der Waals surface area (Å²) in [6.45, 7) is 7.69. The van der Waals surface area contributed by atoms with Crippen molar-refractivity contribution in [2.75, 3.05) is 18.0 Å². The number of pyridine rings is 1. The molecule has 0 aromatic carbocycles. The Bertz CT molecular complexity index is 518. The Kier molecular flexibility index (Phi) is 4.76. The molecule has 1 aromatic rings. The topological polar surface area (TPSA) is 96.6 Å². The Morgan fingerprint density at radius 3 is 2.42 bits per heavy atom. The van der Waals surface area contributed by atoms with Gasteiger partial charge in [-0.1, -0.05) is 12.2 Å². The van der Waals surface area contributed by atoms with Crippen molar-refractivity contribution >= 4 is 17.5 Å². The van der Waals surface area contributed by atoms with Crippen LogP contribution in [-0.2, 0) is 0 Å². The number of aromatic carboxylic acids is 1. The normalized spacial score (nSPS) is 9.68. The van der Waals surface area contributed by atoms with Crippen LogP contribution in [0.1, 0.15) is 10.5 Å². The summed E-state index contributed by atoms with van der Waals surface area (Å²) in [5.41, 5.74) is -0.507. The average Bonchev–Trinajstić information content (AvgIpc) is 2.37. The quantitative estimate of drug-likeness (QED) is 0.458. The molecule has 0 atom stereocenters. The Hall–Kier alpha value is -2.70. The maximum Gasteiger partial charge on any atom is 0.354 e. The molecule has 1 N–H and O–H groups in total. The zero-order valence-corrected chi connectivity index (χ0v) is 10.2. The van der Waals surface area contributed by atoms with E-state index in [-0.39, 0.29) is 17.2 Å². The van der Waals surface area contributed by atoms with Gasteiger partial charge >= 0.3 is 11.7 Å². The molecule has 7 nitrogen and oxygen atoms in total. The summed E-state index contributed by atoms with van der Waals surface area (Å²) in [4.78, 5) is 26.6. The van der Waals surface area contributed by atoms with Crippen LogP contribution in [0.2, 0.25) is 0 Å². The van der Waals surface area contributed by atoms with Crippen LogP contribution in [0.15, 0.2) is 37.4 Å².